The van der Waals surface area contributed by atoms with Crippen LogP contribution in [0.25, 0.3) is 33.1 Å². The van der Waals surface area contributed by atoms with Gasteiger partial charge in [0.1, 0.15) is 0 Å². The highest BCUT2D eigenvalue weighted by molar-refractivity contribution is 6.35. The molecule has 2 aromatic carbocycles. The second-order valence-electron chi connectivity index (χ2n) is 4.92. The van der Waals surface area contributed by atoms with E-state index in [4.69, 9.17) is 11.6 Å². The number of pyridine rings is 2. The normalized spacial score (nSPS) is 11.1. The first-order valence-corrected chi connectivity index (χ1v) is 7.09. The largest absolute Gasteiger partial charge is 0.256 e. The molecule has 0 atom stereocenters. The van der Waals surface area contributed by atoms with E-state index in [0.29, 0.717) is 0 Å². The van der Waals surface area contributed by atoms with Crippen molar-refractivity contribution < 1.29 is 0 Å². The number of fused-ring (bicyclic) bond motifs is 2. The fourth-order valence-corrected chi connectivity index (χ4v) is 2.72. The number of rotatable bonds is 1. The van der Waals surface area contributed by atoms with E-state index in [0.717, 1.165) is 38.1 Å². The Labute approximate surface area is 127 Å². The lowest BCUT2D eigenvalue weighted by atomic mass is 10.1. The molecule has 4 aromatic rings. The van der Waals surface area contributed by atoms with Gasteiger partial charge in [-0.25, -0.2) is 4.98 Å². The average Bonchev–Trinajstić information content (AvgIpc) is 2.54. The maximum atomic E-state index is 6.18. The smallest absolute Gasteiger partial charge is 0.0725 e. The fourth-order valence-electron chi connectivity index (χ4n) is 2.49. The number of benzene rings is 2. The minimum Gasteiger partial charge on any atom is -0.256 e. The summed E-state index contributed by atoms with van der Waals surface area (Å²) in [5, 5.41) is 2.81. The number of halogens is 1. The summed E-state index contributed by atoms with van der Waals surface area (Å²) in [6, 6.07) is 19.9. The minimum absolute atomic E-state index is 0.725. The lowest BCUT2D eigenvalue weighted by Gasteiger charge is -2.05. The highest BCUT2D eigenvalue weighted by atomic mass is 35.5. The lowest BCUT2D eigenvalue weighted by molar-refractivity contribution is 1.35. The number of para-hydroxylation sites is 1. The van der Waals surface area contributed by atoms with Crippen LogP contribution in [0.15, 0.2) is 66.9 Å². The Morgan fingerprint density at radius 1 is 0.810 bits per heavy atom. The molecule has 2 aromatic heterocycles. The average molecular weight is 291 g/mol. The Morgan fingerprint density at radius 3 is 2.62 bits per heavy atom. The third kappa shape index (κ3) is 2.14. The predicted octanol–water partition coefficient (Wildman–Crippen LogP) is 5.10. The molecule has 0 aliphatic rings. The molecule has 4 rings (SSSR count). The molecule has 0 amide bonds. The first-order valence-electron chi connectivity index (χ1n) is 6.72. The van der Waals surface area contributed by atoms with Crippen LogP contribution < -0.4 is 0 Å². The van der Waals surface area contributed by atoms with Crippen LogP contribution in [0.4, 0.5) is 0 Å². The van der Waals surface area contributed by atoms with Gasteiger partial charge in [0.15, 0.2) is 0 Å². The Bertz CT molecular complexity index is 963. The molecule has 100 valence electrons. The van der Waals surface area contributed by atoms with E-state index in [1.165, 1.54) is 0 Å². The van der Waals surface area contributed by atoms with Crippen molar-refractivity contribution in [2.45, 2.75) is 0 Å². The maximum Gasteiger partial charge on any atom is 0.0725 e. The molecular formula is C18H11ClN2. The highest BCUT2D eigenvalue weighted by Gasteiger charge is 2.05. The van der Waals surface area contributed by atoms with Gasteiger partial charge in [0.25, 0.3) is 0 Å². The number of hydrogen-bond donors (Lipinski definition) is 0. The van der Waals surface area contributed by atoms with Crippen molar-refractivity contribution in [2.75, 3.05) is 0 Å². The van der Waals surface area contributed by atoms with Crippen LogP contribution in [0.2, 0.25) is 5.02 Å². The van der Waals surface area contributed by atoms with E-state index in [-0.39, 0.29) is 0 Å². The minimum atomic E-state index is 0.725. The molecule has 0 aliphatic heterocycles. The van der Waals surface area contributed by atoms with Gasteiger partial charge >= 0.3 is 0 Å². The van der Waals surface area contributed by atoms with Crippen molar-refractivity contribution in [3.8, 4) is 11.3 Å². The van der Waals surface area contributed by atoms with E-state index in [1.807, 2.05) is 54.7 Å². The van der Waals surface area contributed by atoms with Crippen molar-refractivity contribution >= 4 is 33.4 Å². The maximum absolute atomic E-state index is 6.18. The molecule has 0 bridgehead atoms. The summed E-state index contributed by atoms with van der Waals surface area (Å²) in [6.45, 7) is 0. The zero-order valence-corrected chi connectivity index (χ0v) is 11.9. The van der Waals surface area contributed by atoms with Crippen LogP contribution in [0.3, 0.4) is 0 Å². The van der Waals surface area contributed by atoms with Crippen LogP contribution in [0.1, 0.15) is 0 Å². The van der Waals surface area contributed by atoms with Gasteiger partial charge < -0.3 is 0 Å². The molecule has 2 heterocycles. The molecule has 0 N–H and O–H groups in total. The van der Waals surface area contributed by atoms with E-state index < -0.39 is 0 Å². The molecular weight excluding hydrogens is 280 g/mol. The molecule has 0 unspecified atom stereocenters. The van der Waals surface area contributed by atoms with Gasteiger partial charge in [-0.15, -0.1) is 0 Å². The van der Waals surface area contributed by atoms with Gasteiger partial charge in [-0.3, -0.25) is 4.98 Å². The van der Waals surface area contributed by atoms with Crippen molar-refractivity contribution in [1.29, 1.82) is 0 Å². The van der Waals surface area contributed by atoms with Crippen LogP contribution in [0, 0.1) is 0 Å². The standard InChI is InChI=1S/C18H11ClN2/c19-15-5-3-7-18-14(15)8-9-17(21-18)13-10-12-4-1-2-6-16(12)20-11-13/h1-11H. The summed E-state index contributed by atoms with van der Waals surface area (Å²) < 4.78 is 0. The summed E-state index contributed by atoms with van der Waals surface area (Å²) in [5.41, 5.74) is 3.80. The van der Waals surface area contributed by atoms with Crippen LogP contribution in [-0.4, -0.2) is 9.97 Å². The predicted molar refractivity (Wildman–Crippen MR) is 87.5 cm³/mol. The summed E-state index contributed by atoms with van der Waals surface area (Å²) in [5.74, 6) is 0. The molecule has 2 nitrogen and oxygen atoms in total. The Balaban J connectivity index is 1.91. The number of aromatic nitrogens is 2. The third-order valence-electron chi connectivity index (χ3n) is 3.56. The van der Waals surface area contributed by atoms with Crippen molar-refractivity contribution in [2.24, 2.45) is 0 Å². The van der Waals surface area contributed by atoms with E-state index in [1.54, 1.807) is 0 Å². The van der Waals surface area contributed by atoms with Gasteiger partial charge in [-0.2, -0.15) is 0 Å². The van der Waals surface area contributed by atoms with E-state index in [2.05, 4.69) is 22.1 Å². The van der Waals surface area contributed by atoms with Crippen molar-refractivity contribution in [3.05, 3.63) is 71.9 Å². The van der Waals surface area contributed by atoms with Gasteiger partial charge in [0.2, 0.25) is 0 Å². The van der Waals surface area contributed by atoms with Crippen molar-refractivity contribution in [3.63, 3.8) is 0 Å². The summed E-state index contributed by atoms with van der Waals surface area (Å²) in [7, 11) is 0. The SMILES string of the molecule is Clc1cccc2nc(-c3cnc4ccccc4c3)ccc12. The molecule has 21 heavy (non-hydrogen) atoms. The van der Waals surface area contributed by atoms with Crippen molar-refractivity contribution in [1.82, 2.24) is 9.97 Å². The van der Waals surface area contributed by atoms with Crippen LogP contribution >= 0.6 is 11.6 Å². The molecule has 0 saturated heterocycles. The molecule has 0 fully saturated rings. The Morgan fingerprint density at radius 2 is 1.67 bits per heavy atom. The first kappa shape index (κ1) is 12.3. The van der Waals surface area contributed by atoms with E-state index in [9.17, 15) is 0 Å². The zero-order valence-electron chi connectivity index (χ0n) is 11.1. The molecule has 0 spiro atoms. The lowest BCUT2D eigenvalue weighted by Crippen LogP contribution is -1.87. The van der Waals surface area contributed by atoms with Gasteiger partial charge in [0.05, 0.1) is 16.7 Å². The molecule has 0 radical (unpaired) electrons. The molecule has 0 saturated carbocycles. The Kier molecular flexibility index (Phi) is 2.83. The third-order valence-corrected chi connectivity index (χ3v) is 3.89. The zero-order chi connectivity index (χ0) is 14.2. The van der Waals surface area contributed by atoms with Crippen LogP contribution in [-0.2, 0) is 0 Å². The molecule has 3 heteroatoms. The van der Waals surface area contributed by atoms with Gasteiger partial charge in [-0.1, -0.05) is 35.9 Å². The van der Waals surface area contributed by atoms with Gasteiger partial charge in [-0.05, 0) is 36.4 Å². The first-order chi connectivity index (χ1) is 10.3. The fraction of sp³-hybridized carbons (Fsp3) is 0. The number of hydrogen-bond acceptors (Lipinski definition) is 2. The highest BCUT2D eigenvalue weighted by Crippen LogP contribution is 2.26. The Hall–Kier alpha value is -2.45. The second-order valence-corrected chi connectivity index (χ2v) is 5.33. The number of nitrogens with zero attached hydrogens (tertiary/aromatic N) is 2. The summed E-state index contributed by atoms with van der Waals surface area (Å²) in [4.78, 5) is 9.18. The van der Waals surface area contributed by atoms with Crippen LogP contribution in [0.5, 0.6) is 0 Å². The van der Waals surface area contributed by atoms with E-state index >= 15 is 0 Å². The quantitative estimate of drug-likeness (QED) is 0.487. The topological polar surface area (TPSA) is 25.8 Å². The monoisotopic (exact) mass is 290 g/mol. The van der Waals surface area contributed by atoms with Gasteiger partial charge in [0, 0.05) is 27.6 Å². The summed E-state index contributed by atoms with van der Waals surface area (Å²) in [6.07, 6.45) is 1.86. The summed E-state index contributed by atoms with van der Waals surface area (Å²) >= 11 is 6.18. The molecule has 0 aliphatic carbocycles. The second kappa shape index (κ2) is 4.83.